The molecule has 0 spiro atoms. The van der Waals surface area contributed by atoms with Crippen LogP contribution in [0.4, 0.5) is 4.39 Å². The van der Waals surface area contributed by atoms with Gasteiger partial charge in [-0.2, -0.15) is 0 Å². The second-order valence-electron chi connectivity index (χ2n) is 3.27. The number of aliphatic hydroxyl groups excluding tert-OH is 1. The van der Waals surface area contributed by atoms with Gasteiger partial charge in [0.25, 0.3) is 0 Å². The zero-order valence-corrected chi connectivity index (χ0v) is 8.02. The fraction of sp³-hybridized carbons (Fsp3) is 0.0833. The molecule has 0 amide bonds. The molecule has 0 saturated carbocycles. The number of rotatable bonds is 2. The minimum absolute atomic E-state index is 0.0743. The molecule has 0 atom stereocenters. The molecule has 0 radical (unpaired) electrons. The smallest absolute Gasteiger partial charge is 0.138 e. The first kappa shape index (κ1) is 9.65. The number of benzene rings is 1. The van der Waals surface area contributed by atoms with Crippen molar-refractivity contribution in [3.63, 3.8) is 0 Å². The molecule has 76 valence electrons. The number of nitrogens with zero attached hydrogens (tertiary/aromatic N) is 1. The van der Waals surface area contributed by atoms with Crippen molar-refractivity contribution >= 4 is 10.8 Å². The predicted molar refractivity (Wildman–Crippen MR) is 57.3 cm³/mol. The molecular formula is C12H10FNO. The Bertz CT molecular complexity index is 502. The summed E-state index contributed by atoms with van der Waals surface area (Å²) < 4.78 is 12.9. The normalized spacial score (nSPS) is 11.9. The zero-order valence-electron chi connectivity index (χ0n) is 8.02. The van der Waals surface area contributed by atoms with Crippen LogP contribution in [0.15, 0.2) is 48.7 Å². The predicted octanol–water partition coefficient (Wildman–Crippen LogP) is 3.15. The molecule has 2 rings (SSSR count). The average Bonchev–Trinajstić information content (AvgIpc) is 2.29. The van der Waals surface area contributed by atoms with E-state index in [-0.39, 0.29) is 6.42 Å². The Morgan fingerprint density at radius 2 is 2.13 bits per heavy atom. The Morgan fingerprint density at radius 3 is 2.93 bits per heavy atom. The van der Waals surface area contributed by atoms with Gasteiger partial charge in [0.15, 0.2) is 0 Å². The number of aliphatic hydroxyl groups is 1. The third kappa shape index (κ3) is 1.96. The van der Waals surface area contributed by atoms with Crippen LogP contribution in [0.3, 0.4) is 0 Å². The van der Waals surface area contributed by atoms with Crippen LogP contribution in [0.25, 0.3) is 10.8 Å². The number of allylic oxidation sites excluding steroid dienone is 1. The van der Waals surface area contributed by atoms with Crippen LogP contribution in [0, 0.1) is 0 Å². The first-order valence-electron chi connectivity index (χ1n) is 4.61. The van der Waals surface area contributed by atoms with Crippen LogP contribution >= 0.6 is 0 Å². The first-order valence-corrected chi connectivity index (χ1v) is 4.61. The Hall–Kier alpha value is -1.90. The third-order valence-corrected chi connectivity index (χ3v) is 2.25. The van der Waals surface area contributed by atoms with Crippen LogP contribution in [0.1, 0.15) is 5.56 Å². The highest BCUT2D eigenvalue weighted by atomic mass is 19.1. The van der Waals surface area contributed by atoms with Crippen molar-refractivity contribution in [1.29, 1.82) is 0 Å². The van der Waals surface area contributed by atoms with Gasteiger partial charge in [-0.15, -0.1) is 0 Å². The maximum absolute atomic E-state index is 12.9. The molecule has 1 N–H and O–H groups in total. The summed E-state index contributed by atoms with van der Waals surface area (Å²) in [5.41, 5.74) is 0.774. The monoisotopic (exact) mass is 203 g/mol. The molecule has 0 aliphatic carbocycles. The number of hydrogen-bond donors (Lipinski definition) is 1. The van der Waals surface area contributed by atoms with E-state index in [1.165, 1.54) is 0 Å². The Balaban J connectivity index is 2.51. The molecule has 0 saturated heterocycles. The highest BCUT2D eigenvalue weighted by Crippen LogP contribution is 2.19. The largest absolute Gasteiger partial charge is 0.513 e. The number of pyridine rings is 1. The van der Waals surface area contributed by atoms with Crippen molar-refractivity contribution in [2.24, 2.45) is 0 Å². The van der Waals surface area contributed by atoms with Gasteiger partial charge in [-0.1, -0.05) is 24.3 Å². The van der Waals surface area contributed by atoms with Gasteiger partial charge in [-0.25, -0.2) is 4.39 Å². The molecular weight excluding hydrogens is 193 g/mol. The fourth-order valence-corrected chi connectivity index (χ4v) is 1.55. The quantitative estimate of drug-likeness (QED) is 0.760. The van der Waals surface area contributed by atoms with E-state index in [2.05, 4.69) is 4.98 Å². The maximum Gasteiger partial charge on any atom is 0.138 e. The summed E-state index contributed by atoms with van der Waals surface area (Å²) in [6.45, 7) is 0. The van der Waals surface area contributed by atoms with Crippen molar-refractivity contribution < 1.29 is 9.50 Å². The van der Waals surface area contributed by atoms with Crippen molar-refractivity contribution in [3.8, 4) is 0 Å². The second-order valence-corrected chi connectivity index (χ2v) is 3.27. The number of aromatic nitrogens is 1. The van der Waals surface area contributed by atoms with E-state index in [1.807, 2.05) is 24.3 Å². The highest BCUT2D eigenvalue weighted by molar-refractivity contribution is 5.84. The second kappa shape index (κ2) is 4.09. The fourth-order valence-electron chi connectivity index (χ4n) is 1.55. The Labute approximate surface area is 86.7 Å². The van der Waals surface area contributed by atoms with Gasteiger partial charge < -0.3 is 5.11 Å². The molecule has 0 aliphatic heterocycles. The van der Waals surface area contributed by atoms with Crippen LogP contribution < -0.4 is 0 Å². The molecule has 0 fully saturated rings. The van der Waals surface area contributed by atoms with E-state index in [4.69, 9.17) is 5.11 Å². The van der Waals surface area contributed by atoms with Gasteiger partial charge in [-0.05, 0) is 10.9 Å². The molecule has 3 heteroatoms. The number of halogens is 1. The molecule has 1 aromatic carbocycles. The van der Waals surface area contributed by atoms with E-state index in [0.717, 1.165) is 16.3 Å². The minimum Gasteiger partial charge on any atom is -0.513 e. The van der Waals surface area contributed by atoms with Crippen molar-refractivity contribution in [2.75, 3.05) is 0 Å². The van der Waals surface area contributed by atoms with Crippen LogP contribution in [-0.2, 0) is 6.42 Å². The first-order chi connectivity index (χ1) is 7.31. The van der Waals surface area contributed by atoms with Crippen LogP contribution in [0.2, 0.25) is 0 Å². The molecule has 2 aromatic rings. The van der Waals surface area contributed by atoms with Gasteiger partial charge in [0.2, 0.25) is 0 Å². The molecule has 15 heavy (non-hydrogen) atoms. The lowest BCUT2D eigenvalue weighted by Crippen LogP contribution is -1.89. The molecule has 2 nitrogen and oxygen atoms in total. The zero-order chi connectivity index (χ0) is 10.7. The van der Waals surface area contributed by atoms with Gasteiger partial charge in [0.1, 0.15) is 12.1 Å². The van der Waals surface area contributed by atoms with Gasteiger partial charge in [-0.3, -0.25) is 4.98 Å². The topological polar surface area (TPSA) is 33.1 Å². The van der Waals surface area contributed by atoms with Crippen LogP contribution in [0.5, 0.6) is 0 Å². The number of hydrogen-bond acceptors (Lipinski definition) is 2. The molecule has 0 bridgehead atoms. The van der Waals surface area contributed by atoms with Gasteiger partial charge >= 0.3 is 0 Å². The summed E-state index contributed by atoms with van der Waals surface area (Å²) >= 11 is 0. The lowest BCUT2D eigenvalue weighted by atomic mass is 10.1. The van der Waals surface area contributed by atoms with Crippen LogP contribution in [-0.4, -0.2) is 10.1 Å². The van der Waals surface area contributed by atoms with E-state index < -0.39 is 5.83 Å². The van der Waals surface area contributed by atoms with Gasteiger partial charge in [0, 0.05) is 24.2 Å². The standard InChI is InChI=1S/C12H10FNO/c13-11(8-15)5-10-7-14-6-9-3-1-2-4-12(9)10/h1-4,6-8,15H,5H2/b11-8-. The molecule has 1 heterocycles. The van der Waals surface area contributed by atoms with E-state index >= 15 is 0 Å². The minimum atomic E-state index is -0.562. The summed E-state index contributed by atoms with van der Waals surface area (Å²) in [4.78, 5) is 4.02. The van der Waals surface area contributed by atoms with E-state index in [0.29, 0.717) is 6.26 Å². The SMILES string of the molecule is O/C=C(\F)Cc1cncc2ccccc12. The lowest BCUT2D eigenvalue weighted by molar-refractivity contribution is 0.435. The van der Waals surface area contributed by atoms with E-state index in [9.17, 15) is 4.39 Å². The maximum atomic E-state index is 12.9. The third-order valence-electron chi connectivity index (χ3n) is 2.25. The Kier molecular flexibility index (Phi) is 2.63. The molecule has 0 unspecified atom stereocenters. The highest BCUT2D eigenvalue weighted by Gasteiger charge is 2.03. The summed E-state index contributed by atoms with van der Waals surface area (Å²) in [5, 5.41) is 10.4. The van der Waals surface area contributed by atoms with Crippen molar-refractivity contribution in [1.82, 2.24) is 4.98 Å². The summed E-state index contributed by atoms with van der Waals surface area (Å²) in [5.74, 6) is -0.562. The van der Waals surface area contributed by atoms with Gasteiger partial charge in [0.05, 0.1) is 0 Å². The van der Waals surface area contributed by atoms with Crippen molar-refractivity contribution in [3.05, 3.63) is 54.3 Å². The number of fused-ring (bicyclic) bond motifs is 1. The summed E-state index contributed by atoms with van der Waals surface area (Å²) in [6.07, 6.45) is 3.91. The summed E-state index contributed by atoms with van der Waals surface area (Å²) in [6, 6.07) is 7.64. The molecule has 1 aromatic heterocycles. The van der Waals surface area contributed by atoms with E-state index in [1.54, 1.807) is 12.4 Å². The Morgan fingerprint density at radius 1 is 1.33 bits per heavy atom. The van der Waals surface area contributed by atoms with Crippen molar-refractivity contribution in [2.45, 2.75) is 6.42 Å². The average molecular weight is 203 g/mol. The lowest BCUT2D eigenvalue weighted by Gasteiger charge is -2.03. The molecule has 0 aliphatic rings. The summed E-state index contributed by atoms with van der Waals surface area (Å²) in [7, 11) is 0.